The van der Waals surface area contributed by atoms with Crippen molar-refractivity contribution in [3.8, 4) is 78.1 Å². The molecule has 7 heterocycles. The first-order chi connectivity index (χ1) is 64.6. The number of pyridine rings is 4. The van der Waals surface area contributed by atoms with E-state index in [0.29, 0.717) is 5.92 Å². The van der Waals surface area contributed by atoms with Crippen LogP contribution in [0.1, 0.15) is 238 Å². The van der Waals surface area contributed by atoms with E-state index in [1.54, 1.807) is 6.20 Å². The average Bonchev–Trinajstić information content (AvgIpc) is 1.62. The summed E-state index contributed by atoms with van der Waals surface area (Å²) in [6.45, 7) is 55.3. The summed E-state index contributed by atoms with van der Waals surface area (Å²) in [6.07, 6.45) is 16.9. The Morgan fingerprint density at radius 2 is 0.794 bits per heavy atom. The van der Waals surface area contributed by atoms with Crippen molar-refractivity contribution in [3.05, 3.63) is 346 Å². The van der Waals surface area contributed by atoms with Gasteiger partial charge < -0.3 is 49.2 Å². The van der Waals surface area contributed by atoms with E-state index in [-0.39, 0.29) is 148 Å². The molecular formula is C122H138Ir4N4O10S-4. The number of furan rings is 2. The molecular weight excluding hydrogens is 2480 g/mol. The third-order valence-electron chi connectivity index (χ3n) is 23.8. The fourth-order valence-corrected chi connectivity index (χ4v) is 16.5. The fraction of sp³-hybridized carbons (Fsp3) is 0.311. The van der Waals surface area contributed by atoms with Gasteiger partial charge in [0.25, 0.3) is 0 Å². The molecule has 0 aliphatic heterocycles. The predicted molar refractivity (Wildman–Crippen MR) is 571 cm³/mol. The molecule has 7 aromatic heterocycles. The van der Waals surface area contributed by atoms with Gasteiger partial charge in [-0.15, -0.1) is 151 Å². The Balaban J connectivity index is 0.000000349. The summed E-state index contributed by atoms with van der Waals surface area (Å²) in [5.41, 5.74) is 26.2. The van der Waals surface area contributed by atoms with Crippen molar-refractivity contribution in [3.63, 3.8) is 0 Å². The summed E-state index contributed by atoms with van der Waals surface area (Å²) < 4.78 is 13.4. The Hall–Kier alpha value is -10.9. The zero-order valence-corrected chi connectivity index (χ0v) is 97.3. The van der Waals surface area contributed by atoms with Crippen molar-refractivity contribution < 1.29 is 129 Å². The Kier molecular flexibility index (Phi) is 48.8. The van der Waals surface area contributed by atoms with Crippen molar-refractivity contribution in [2.75, 3.05) is 0 Å². The van der Waals surface area contributed by atoms with Crippen LogP contribution < -0.4 is 0 Å². The standard InChI is InChI=1S/C25H24NO.C25H24NS.C21H16NO.C21H22N.C15H28O2.3C5H8O2.4Ir/c2*1-16-12-17(2)14-20(13-16)23-24-19(10-11-26-23)15-22(27-24)18-6-8-21(9-7-18)25(3,4)5;1-14-8-15(2)10-17(9-14)19-11-18-12-20(23-21(18)13-22-19)16-6-4-3-5-7-16;1-5-16(4)17-6-7-20-18(13-17)8-9-22-21(20)19-11-14(2)10-15(3)12-19;1-7-14(5,8-2)12(16)11-13(17)15(6,9-3)10-4;3*1-4(6)3-5(2)7;;;;/h2*6-13,15H,1-5H3;3-9,11-13H,1-2H3;6-11,13,16H,5H2,1-4H3;11,16H,7-10H2,1-6H3;3*3,6H,1-2H3;;;;/q4*-1;;;;;;;;. The third-order valence-corrected chi connectivity index (χ3v) is 25.0. The summed E-state index contributed by atoms with van der Waals surface area (Å²) in [5, 5.41) is 41.0. The second kappa shape index (κ2) is 56.2. The number of aliphatic hydroxyl groups excluding tert-OH is 4. The van der Waals surface area contributed by atoms with E-state index in [9.17, 15) is 24.3 Å². The Labute approximate surface area is 895 Å². The van der Waals surface area contributed by atoms with Gasteiger partial charge in [0.1, 0.15) is 22.9 Å². The van der Waals surface area contributed by atoms with Crippen LogP contribution in [0.5, 0.6) is 0 Å². The van der Waals surface area contributed by atoms with E-state index >= 15 is 0 Å². The number of aromatic nitrogens is 4. The van der Waals surface area contributed by atoms with Crippen LogP contribution >= 0.6 is 11.3 Å². The second-order valence-corrected chi connectivity index (χ2v) is 39.3. The molecule has 15 aromatic rings. The maximum Gasteiger partial charge on any atom is 0.164 e. The number of thiophene rings is 1. The van der Waals surface area contributed by atoms with Crippen LogP contribution in [0.4, 0.5) is 0 Å². The van der Waals surface area contributed by atoms with E-state index < -0.39 is 0 Å². The van der Waals surface area contributed by atoms with Crippen LogP contribution in [0, 0.1) is 90.5 Å². The minimum absolute atomic E-state index is 0. The number of carbonyl (C=O) groups is 4. The average molecular weight is 2620 g/mol. The molecule has 1 unspecified atom stereocenters. The first-order valence-electron chi connectivity index (χ1n) is 47.0. The molecule has 0 bridgehead atoms. The zero-order chi connectivity index (χ0) is 101. The zero-order valence-electron chi connectivity index (χ0n) is 86.9. The van der Waals surface area contributed by atoms with Crippen LogP contribution in [-0.2, 0) is 110 Å². The van der Waals surface area contributed by atoms with Gasteiger partial charge in [0.2, 0.25) is 0 Å². The largest absolute Gasteiger partial charge is 0.512 e. The summed E-state index contributed by atoms with van der Waals surface area (Å²) in [7, 11) is 0. The van der Waals surface area contributed by atoms with E-state index in [1.807, 2.05) is 108 Å². The van der Waals surface area contributed by atoms with E-state index in [0.717, 1.165) is 144 Å². The van der Waals surface area contributed by atoms with Gasteiger partial charge in [-0.25, -0.2) is 0 Å². The molecule has 4 radical (unpaired) electrons. The number of ketones is 4. The van der Waals surface area contributed by atoms with E-state index in [1.165, 1.54) is 136 Å². The minimum atomic E-state index is -0.337. The molecule has 19 heteroatoms. The van der Waals surface area contributed by atoms with Crippen molar-refractivity contribution in [1.82, 2.24) is 19.9 Å². The van der Waals surface area contributed by atoms with Crippen LogP contribution in [-0.4, -0.2) is 63.5 Å². The number of hydrogen-bond acceptors (Lipinski definition) is 15. The molecule has 1 atom stereocenters. The molecule has 4 N–H and O–H groups in total. The van der Waals surface area contributed by atoms with Crippen LogP contribution in [0.25, 0.3) is 121 Å². The maximum absolute atomic E-state index is 12.2. The molecule has 752 valence electrons. The Morgan fingerprint density at radius 3 is 1.23 bits per heavy atom. The minimum Gasteiger partial charge on any atom is -0.512 e. The summed E-state index contributed by atoms with van der Waals surface area (Å²) in [4.78, 5) is 62.0. The van der Waals surface area contributed by atoms with Gasteiger partial charge in [-0.3, -0.25) is 19.2 Å². The molecule has 15 rings (SSSR count). The van der Waals surface area contributed by atoms with E-state index in [2.05, 4.69) is 302 Å². The number of fused-ring (bicyclic) bond motifs is 4. The first-order valence-corrected chi connectivity index (χ1v) is 47.8. The molecule has 8 aromatic carbocycles. The molecule has 14 nitrogen and oxygen atoms in total. The van der Waals surface area contributed by atoms with E-state index in [4.69, 9.17) is 29.1 Å². The van der Waals surface area contributed by atoms with Gasteiger partial charge in [0.05, 0.1) is 23.5 Å². The fourth-order valence-electron chi connectivity index (χ4n) is 15.3. The number of aryl methyl sites for hydroxylation is 8. The van der Waals surface area contributed by atoms with Crippen LogP contribution in [0.15, 0.2) is 269 Å². The Bertz CT molecular complexity index is 6470. The molecule has 0 aliphatic rings. The van der Waals surface area contributed by atoms with Gasteiger partial charge in [-0.2, -0.15) is 0 Å². The van der Waals surface area contributed by atoms with Crippen LogP contribution in [0.2, 0.25) is 0 Å². The van der Waals surface area contributed by atoms with Gasteiger partial charge in [-0.05, 0) is 177 Å². The molecule has 0 saturated heterocycles. The predicted octanol–water partition coefficient (Wildman–Crippen LogP) is 33.4. The number of rotatable bonds is 19. The van der Waals surface area contributed by atoms with Crippen molar-refractivity contribution >= 4 is 77.3 Å². The molecule has 0 spiro atoms. The van der Waals surface area contributed by atoms with Crippen LogP contribution in [0.3, 0.4) is 0 Å². The quantitative estimate of drug-likeness (QED) is 0.0336. The number of benzene rings is 8. The summed E-state index contributed by atoms with van der Waals surface area (Å²) >= 11 is 1.81. The third kappa shape index (κ3) is 36.5. The number of aliphatic hydroxyl groups is 4. The van der Waals surface area contributed by atoms with Gasteiger partial charge in [-0.1, -0.05) is 255 Å². The van der Waals surface area contributed by atoms with Gasteiger partial charge in [0, 0.05) is 177 Å². The molecule has 0 amide bonds. The number of allylic oxidation sites excluding steroid dienone is 8. The SMILES string of the molecule is CC(=O)C=C(C)O.CC(=O)C=C(C)O.CC(=O)C=C(C)O.CCC(C)(CC)C(=O)C=C(O)C(C)(CC)CC.CCC(C)c1ccc2c(-c3[c-]c(C)cc(C)c3)nccc2c1.Cc1[c-]c(-c2cc3cc(-c4ccccc4)oc3cn2)cc(C)c1.Cc1[c-]c(-c2nccc3cc(-c4ccc(C(C)(C)C)cc4)oc23)cc(C)c1.Cc1[c-]c(-c2nccc3cc(-c4ccc(C(C)(C)C)cc4)sc23)cc(C)c1.[Ir].[Ir].[Ir].[Ir]. The maximum atomic E-state index is 12.2. The number of nitrogens with zero attached hydrogens (tertiary/aromatic N) is 4. The monoisotopic (exact) mass is 2620 g/mol. The van der Waals surface area contributed by atoms with Gasteiger partial charge >= 0.3 is 0 Å². The summed E-state index contributed by atoms with van der Waals surface area (Å²) in [6, 6.07) is 80.0. The molecule has 0 fully saturated rings. The topological polar surface area (TPSA) is 227 Å². The Morgan fingerprint density at radius 1 is 0.397 bits per heavy atom. The normalized spacial score (nSPS) is 11.7. The van der Waals surface area contributed by atoms with Crippen molar-refractivity contribution in [2.45, 2.75) is 243 Å². The summed E-state index contributed by atoms with van der Waals surface area (Å²) in [5.74, 6) is 2.42. The van der Waals surface area contributed by atoms with Gasteiger partial charge in [0.15, 0.2) is 28.7 Å². The first kappa shape index (κ1) is 122. The molecule has 141 heavy (non-hydrogen) atoms. The number of carbonyl (C=O) groups excluding carboxylic acids is 4. The molecule has 0 aliphatic carbocycles. The second-order valence-electron chi connectivity index (χ2n) is 38.2. The van der Waals surface area contributed by atoms with Crippen molar-refractivity contribution in [2.24, 2.45) is 10.8 Å². The molecule has 0 saturated carbocycles. The van der Waals surface area contributed by atoms with Crippen molar-refractivity contribution in [1.29, 1.82) is 0 Å². The smallest absolute Gasteiger partial charge is 0.164 e. The number of hydrogen-bond donors (Lipinski definition) is 4.